The summed E-state index contributed by atoms with van der Waals surface area (Å²) in [4.78, 5) is 0. The first-order valence-corrected chi connectivity index (χ1v) is 12.1. The van der Waals surface area contributed by atoms with Gasteiger partial charge in [-0.2, -0.15) is 0 Å². The molecule has 0 aromatic heterocycles. The zero-order valence-electron chi connectivity index (χ0n) is 20.3. The molecule has 1 rings (SSSR count). The van der Waals surface area contributed by atoms with Gasteiger partial charge in [0.25, 0.3) is 0 Å². The van der Waals surface area contributed by atoms with Crippen LogP contribution in [0.4, 0.5) is 5.69 Å². The maximum Gasteiger partial charge on any atom is 0.142 e. The Morgan fingerprint density at radius 1 is 0.767 bits per heavy atom. The molecule has 0 aliphatic rings. The molecule has 0 saturated heterocycles. The van der Waals surface area contributed by atoms with Crippen molar-refractivity contribution in [2.75, 3.05) is 12.3 Å². The fourth-order valence-electron chi connectivity index (χ4n) is 3.77. The van der Waals surface area contributed by atoms with E-state index in [-0.39, 0.29) is 43.9 Å². The molecule has 3 N–H and O–H groups in total. The van der Waals surface area contributed by atoms with Crippen LogP contribution in [0.2, 0.25) is 0 Å². The molecule has 3 nitrogen and oxygen atoms in total. The Hall–Kier alpha value is -0.276. The van der Waals surface area contributed by atoms with E-state index in [0.717, 1.165) is 17.7 Å². The van der Waals surface area contributed by atoms with E-state index in [1.54, 1.807) is 6.07 Å². The topological polar surface area (TPSA) is 55.5 Å². The summed E-state index contributed by atoms with van der Waals surface area (Å²) in [6, 6.07) is 3.51. The van der Waals surface area contributed by atoms with Gasteiger partial charge in [-0.1, -0.05) is 111 Å². The Balaban J connectivity index is 0.00000841. The molecule has 0 saturated carbocycles. The Morgan fingerprint density at radius 2 is 1.20 bits per heavy atom. The zero-order chi connectivity index (χ0) is 21.5. The summed E-state index contributed by atoms with van der Waals surface area (Å²) in [5, 5.41) is 9.91. The minimum Gasteiger partial charge on any atom is -0.506 e. The smallest absolute Gasteiger partial charge is 0.142 e. The molecule has 0 heterocycles. The quantitative estimate of drug-likeness (QED) is 0.139. The maximum absolute atomic E-state index is 9.91. The van der Waals surface area contributed by atoms with Crippen molar-refractivity contribution >= 4 is 5.69 Å². The molecule has 1 radical (unpaired) electrons. The average molecular weight is 495 g/mol. The second-order valence-corrected chi connectivity index (χ2v) is 9.60. The molecule has 0 amide bonds. The molecule has 4 heteroatoms. The van der Waals surface area contributed by atoms with Crippen LogP contribution >= 0.6 is 0 Å². The van der Waals surface area contributed by atoms with Gasteiger partial charge in [0, 0.05) is 44.3 Å². The molecule has 0 atom stereocenters. The normalized spacial score (nSPS) is 11.3. The number of benzene rings is 1. The summed E-state index contributed by atoms with van der Waals surface area (Å²) in [7, 11) is 0. The molecule has 171 valence electrons. The van der Waals surface area contributed by atoms with Gasteiger partial charge < -0.3 is 15.6 Å². The van der Waals surface area contributed by atoms with Gasteiger partial charge in [-0.3, -0.25) is 0 Å². The second-order valence-electron chi connectivity index (χ2n) is 9.60. The van der Waals surface area contributed by atoms with E-state index in [9.17, 15) is 5.11 Å². The summed E-state index contributed by atoms with van der Waals surface area (Å²) in [5.41, 5.74) is 7.27. The van der Waals surface area contributed by atoms with E-state index in [4.69, 9.17) is 10.5 Å². The predicted octanol–water partition coefficient (Wildman–Crippen LogP) is 8.13. The summed E-state index contributed by atoms with van der Waals surface area (Å²) >= 11 is 0. The number of phenols is 1. The van der Waals surface area contributed by atoms with Crippen LogP contribution in [0.15, 0.2) is 12.1 Å². The Morgan fingerprint density at radius 3 is 1.63 bits per heavy atom. The van der Waals surface area contributed by atoms with E-state index in [0.29, 0.717) is 12.3 Å². The number of nitrogens with two attached hydrogens (primary N) is 1. The zero-order valence-corrected chi connectivity index (χ0v) is 23.1. The molecule has 0 unspecified atom stereocenters. The monoisotopic (exact) mass is 494 g/mol. The van der Waals surface area contributed by atoms with Crippen molar-refractivity contribution < 1.29 is 42.6 Å². The summed E-state index contributed by atoms with van der Waals surface area (Å²) in [6.45, 7) is 9.39. The predicted molar refractivity (Wildman–Crippen MR) is 127 cm³/mol. The van der Waals surface area contributed by atoms with Crippen LogP contribution in [0.25, 0.3) is 0 Å². The molecule has 1 aromatic carbocycles. The Bertz CT molecular complexity index is 555. The third kappa shape index (κ3) is 13.2. The number of phenolic OH excluding ortho intramolecular Hbond substituents is 1. The van der Waals surface area contributed by atoms with Crippen LogP contribution in [0, 0.1) is 0 Å². The van der Waals surface area contributed by atoms with Crippen LogP contribution in [0.5, 0.6) is 11.5 Å². The van der Waals surface area contributed by atoms with Crippen molar-refractivity contribution in [3.05, 3.63) is 17.7 Å². The average Bonchev–Trinajstić information content (AvgIpc) is 2.66. The van der Waals surface area contributed by atoms with Gasteiger partial charge in [0.2, 0.25) is 0 Å². The number of hydrogen-bond acceptors (Lipinski definition) is 3. The number of anilines is 1. The van der Waals surface area contributed by atoms with Crippen molar-refractivity contribution in [3.63, 3.8) is 0 Å². The van der Waals surface area contributed by atoms with Crippen LogP contribution in [0.1, 0.15) is 123 Å². The maximum atomic E-state index is 9.91. The minimum absolute atomic E-state index is 0. The van der Waals surface area contributed by atoms with Gasteiger partial charge in [0.1, 0.15) is 11.5 Å². The van der Waals surface area contributed by atoms with Crippen molar-refractivity contribution in [3.8, 4) is 11.5 Å². The van der Waals surface area contributed by atoms with Gasteiger partial charge in [-0.05, 0) is 17.9 Å². The van der Waals surface area contributed by atoms with E-state index in [1.165, 1.54) is 83.5 Å². The largest absolute Gasteiger partial charge is 0.506 e. The molecular formula is C26H47NO2Y. The number of ether oxygens (including phenoxy) is 1. The second kappa shape index (κ2) is 17.3. The number of aromatic hydroxyl groups is 1. The van der Waals surface area contributed by atoms with Crippen molar-refractivity contribution in [1.82, 2.24) is 0 Å². The third-order valence-corrected chi connectivity index (χ3v) is 5.69. The summed E-state index contributed by atoms with van der Waals surface area (Å²) in [6.07, 6.45) is 19.0. The Labute approximate surface area is 211 Å². The molecule has 1 aromatic rings. The first-order valence-electron chi connectivity index (χ1n) is 12.1. The van der Waals surface area contributed by atoms with Crippen LogP contribution in [-0.2, 0) is 38.1 Å². The SMILES string of the molecule is CCCCCCCCCCCCCCCCOc1cc(O)c(N)cc1C(C)(C)C.[Y]. The van der Waals surface area contributed by atoms with Gasteiger partial charge in [0.05, 0.1) is 12.3 Å². The molecule has 0 aliphatic heterocycles. The van der Waals surface area contributed by atoms with E-state index >= 15 is 0 Å². The van der Waals surface area contributed by atoms with Gasteiger partial charge >= 0.3 is 0 Å². The van der Waals surface area contributed by atoms with E-state index in [2.05, 4.69) is 27.7 Å². The van der Waals surface area contributed by atoms with Crippen LogP contribution in [-0.4, -0.2) is 11.7 Å². The first-order chi connectivity index (χ1) is 13.9. The molecule has 0 fully saturated rings. The van der Waals surface area contributed by atoms with Crippen molar-refractivity contribution in [1.29, 1.82) is 0 Å². The fraction of sp³-hybridized carbons (Fsp3) is 0.769. The summed E-state index contributed by atoms with van der Waals surface area (Å²) < 4.78 is 5.99. The Kier molecular flexibility index (Phi) is 17.1. The molecule has 0 aliphatic carbocycles. The number of nitrogen functional groups attached to an aromatic ring is 1. The van der Waals surface area contributed by atoms with Gasteiger partial charge in [0.15, 0.2) is 0 Å². The summed E-state index contributed by atoms with van der Waals surface area (Å²) in [5.74, 6) is 0.868. The standard InChI is InChI=1S/C26H47NO2.Y/c1-5-6-7-8-9-10-11-12-13-14-15-16-17-18-19-29-25-21-24(28)23(27)20-22(25)26(2,3)4;/h20-21,28H,5-19,27H2,1-4H3;. The number of hydrogen-bond donors (Lipinski definition) is 2. The number of unbranched alkanes of at least 4 members (excludes halogenated alkanes) is 13. The molecular weight excluding hydrogens is 447 g/mol. The minimum atomic E-state index is -0.0628. The fourth-order valence-corrected chi connectivity index (χ4v) is 3.77. The van der Waals surface area contributed by atoms with Gasteiger partial charge in [-0.15, -0.1) is 0 Å². The van der Waals surface area contributed by atoms with Crippen LogP contribution in [0.3, 0.4) is 0 Å². The number of rotatable bonds is 16. The molecule has 0 spiro atoms. The van der Waals surface area contributed by atoms with Crippen molar-refractivity contribution in [2.45, 2.75) is 123 Å². The van der Waals surface area contributed by atoms with Gasteiger partial charge in [-0.25, -0.2) is 0 Å². The molecule has 0 bridgehead atoms. The van der Waals surface area contributed by atoms with E-state index < -0.39 is 0 Å². The first kappa shape index (κ1) is 29.7. The van der Waals surface area contributed by atoms with E-state index in [1.807, 2.05) is 6.07 Å². The third-order valence-electron chi connectivity index (χ3n) is 5.69. The van der Waals surface area contributed by atoms with Crippen molar-refractivity contribution in [2.24, 2.45) is 0 Å². The van der Waals surface area contributed by atoms with Crippen LogP contribution < -0.4 is 10.5 Å². The molecule has 30 heavy (non-hydrogen) atoms.